The van der Waals surface area contributed by atoms with Crippen molar-refractivity contribution >= 4 is 29.3 Å². The third kappa shape index (κ3) is 6.21. The predicted molar refractivity (Wildman–Crippen MR) is 113 cm³/mol. The van der Waals surface area contributed by atoms with Crippen molar-refractivity contribution in [2.75, 3.05) is 5.75 Å². The van der Waals surface area contributed by atoms with Crippen LogP contribution in [0.25, 0.3) is 11.3 Å². The Morgan fingerprint density at radius 1 is 1.16 bits per heavy atom. The molecule has 31 heavy (non-hydrogen) atoms. The first kappa shape index (κ1) is 23.1. The number of benzene rings is 2. The molecule has 0 amide bonds. The lowest BCUT2D eigenvalue weighted by molar-refractivity contribution is -0.137. The zero-order chi connectivity index (χ0) is 22.6. The summed E-state index contributed by atoms with van der Waals surface area (Å²) >= 11 is 7.46. The number of thioether (sulfide) groups is 1. The third-order valence-corrected chi connectivity index (χ3v) is 5.69. The van der Waals surface area contributed by atoms with Gasteiger partial charge in [0, 0.05) is 16.9 Å². The van der Waals surface area contributed by atoms with E-state index >= 15 is 0 Å². The van der Waals surface area contributed by atoms with Crippen LogP contribution in [0.3, 0.4) is 0 Å². The molecule has 0 fully saturated rings. The molecule has 0 unspecified atom stereocenters. The Morgan fingerprint density at radius 2 is 1.87 bits per heavy atom. The number of aliphatic carboxylic acids is 1. The molecule has 0 aliphatic heterocycles. The number of hydrogen-bond acceptors (Lipinski definition) is 4. The Bertz CT molecular complexity index is 1060. The van der Waals surface area contributed by atoms with Crippen molar-refractivity contribution in [1.29, 1.82) is 0 Å². The van der Waals surface area contributed by atoms with Crippen LogP contribution in [0.5, 0.6) is 5.75 Å². The highest BCUT2D eigenvalue weighted by atomic mass is 35.5. The molecule has 2 aromatic carbocycles. The smallest absolute Gasteiger partial charge is 0.416 e. The van der Waals surface area contributed by atoms with Crippen LogP contribution < -0.4 is 4.74 Å². The van der Waals surface area contributed by atoms with E-state index in [1.54, 1.807) is 31.2 Å². The summed E-state index contributed by atoms with van der Waals surface area (Å²) in [5.74, 6) is 1.10. The molecule has 0 aliphatic carbocycles. The van der Waals surface area contributed by atoms with Crippen molar-refractivity contribution in [1.82, 2.24) is 0 Å². The number of ether oxygens (including phenoxy) is 1. The molecule has 9 heteroatoms. The molecule has 1 heterocycles. The molecule has 0 saturated carbocycles. The predicted octanol–water partition coefficient (Wildman–Crippen LogP) is 6.82. The Hall–Kier alpha value is -2.58. The fourth-order valence-electron chi connectivity index (χ4n) is 2.79. The van der Waals surface area contributed by atoms with Crippen LogP contribution in [-0.4, -0.2) is 16.8 Å². The molecule has 1 N–H and O–H groups in total. The minimum Gasteiger partial charge on any atom is -0.487 e. The largest absolute Gasteiger partial charge is 0.487 e. The first-order chi connectivity index (χ1) is 14.6. The highest BCUT2D eigenvalue weighted by molar-refractivity contribution is 7.99. The summed E-state index contributed by atoms with van der Waals surface area (Å²) < 4.78 is 49.7. The van der Waals surface area contributed by atoms with Crippen molar-refractivity contribution in [3.05, 3.63) is 76.0 Å². The molecule has 1 aromatic heterocycles. The molecule has 0 saturated heterocycles. The molecular weight excluding hydrogens is 453 g/mol. The molecule has 0 aliphatic rings. The average molecular weight is 471 g/mol. The van der Waals surface area contributed by atoms with Gasteiger partial charge in [-0.1, -0.05) is 29.8 Å². The van der Waals surface area contributed by atoms with E-state index in [4.69, 9.17) is 25.9 Å². The topological polar surface area (TPSA) is 59.7 Å². The fraction of sp³-hybridized carbons (Fsp3) is 0.227. The highest BCUT2D eigenvalue weighted by Crippen LogP contribution is 2.33. The molecule has 0 bridgehead atoms. The monoisotopic (exact) mass is 470 g/mol. The molecule has 0 atom stereocenters. The summed E-state index contributed by atoms with van der Waals surface area (Å²) in [4.78, 5) is 10.6. The van der Waals surface area contributed by atoms with E-state index in [-0.39, 0.29) is 12.4 Å². The number of aryl methyl sites for hydroxylation is 1. The summed E-state index contributed by atoms with van der Waals surface area (Å²) in [6.07, 6.45) is -4.39. The molecular formula is C22H18ClF3O4S. The quantitative estimate of drug-likeness (QED) is 0.391. The van der Waals surface area contributed by atoms with E-state index in [1.807, 2.05) is 0 Å². The molecule has 3 rings (SSSR count). The Balaban J connectivity index is 1.69. The van der Waals surface area contributed by atoms with Gasteiger partial charge >= 0.3 is 12.1 Å². The van der Waals surface area contributed by atoms with E-state index in [1.165, 1.54) is 23.9 Å². The first-order valence-electron chi connectivity index (χ1n) is 9.11. The van der Waals surface area contributed by atoms with Gasteiger partial charge in [-0.15, -0.1) is 11.8 Å². The van der Waals surface area contributed by atoms with Crippen LogP contribution in [0.1, 0.15) is 22.5 Å². The van der Waals surface area contributed by atoms with Gasteiger partial charge in [0.2, 0.25) is 0 Å². The highest BCUT2D eigenvalue weighted by Gasteiger charge is 2.30. The van der Waals surface area contributed by atoms with Crippen molar-refractivity contribution in [2.24, 2.45) is 0 Å². The zero-order valence-corrected chi connectivity index (χ0v) is 17.9. The van der Waals surface area contributed by atoms with Crippen LogP contribution in [0.15, 0.2) is 52.9 Å². The van der Waals surface area contributed by atoms with Crippen LogP contribution in [0.2, 0.25) is 5.02 Å². The zero-order valence-electron chi connectivity index (χ0n) is 16.3. The van der Waals surface area contributed by atoms with Crippen molar-refractivity contribution in [3.8, 4) is 17.1 Å². The summed E-state index contributed by atoms with van der Waals surface area (Å²) in [7, 11) is 0. The second-order valence-electron chi connectivity index (χ2n) is 6.71. The fourth-order valence-corrected chi connectivity index (χ4v) is 3.65. The normalized spacial score (nSPS) is 11.5. The Labute approximate surface area is 186 Å². The van der Waals surface area contributed by atoms with E-state index in [0.29, 0.717) is 33.6 Å². The van der Waals surface area contributed by atoms with Crippen LogP contribution >= 0.6 is 23.4 Å². The number of hydrogen-bond donors (Lipinski definition) is 1. The number of carboxylic acid groups (broad SMARTS) is 1. The second-order valence-corrected chi connectivity index (χ2v) is 8.10. The Kier molecular flexibility index (Phi) is 7.23. The Morgan fingerprint density at radius 3 is 2.52 bits per heavy atom. The van der Waals surface area contributed by atoms with E-state index in [0.717, 1.165) is 23.3 Å². The van der Waals surface area contributed by atoms with Crippen molar-refractivity contribution < 1.29 is 32.2 Å². The van der Waals surface area contributed by atoms with E-state index in [9.17, 15) is 18.0 Å². The van der Waals surface area contributed by atoms with Gasteiger partial charge in [0.15, 0.2) is 0 Å². The number of carboxylic acids is 1. The van der Waals surface area contributed by atoms with Gasteiger partial charge in [-0.25, -0.2) is 0 Å². The second kappa shape index (κ2) is 9.70. The van der Waals surface area contributed by atoms with Gasteiger partial charge < -0.3 is 14.3 Å². The van der Waals surface area contributed by atoms with Gasteiger partial charge in [-0.05, 0) is 42.8 Å². The summed E-state index contributed by atoms with van der Waals surface area (Å²) in [5.41, 5.74) is 1.41. The van der Waals surface area contributed by atoms with Gasteiger partial charge in [0.25, 0.3) is 0 Å². The third-order valence-electron chi connectivity index (χ3n) is 4.39. The van der Waals surface area contributed by atoms with E-state index < -0.39 is 17.7 Å². The maximum absolute atomic E-state index is 12.7. The van der Waals surface area contributed by atoms with Gasteiger partial charge in [0.1, 0.15) is 23.9 Å². The maximum Gasteiger partial charge on any atom is 0.416 e. The lowest BCUT2D eigenvalue weighted by atomic mass is 10.1. The SMILES string of the molecule is Cc1oc(-c2ccc(C(F)(F)F)cc2)cc1COc1cc(CSCC(=O)O)ccc1Cl. The number of halogens is 4. The minimum atomic E-state index is -4.39. The van der Waals surface area contributed by atoms with Crippen molar-refractivity contribution in [3.63, 3.8) is 0 Å². The lowest BCUT2D eigenvalue weighted by Gasteiger charge is -2.09. The van der Waals surface area contributed by atoms with Gasteiger partial charge in [0.05, 0.1) is 16.3 Å². The van der Waals surface area contributed by atoms with Gasteiger partial charge in [-0.3, -0.25) is 4.79 Å². The standard InChI is InChI=1S/C22H18ClF3O4S/c1-13-16(9-19(30-13)15-3-5-17(6-4-15)22(24,25)26)10-29-20-8-14(2-7-18(20)23)11-31-12-21(27)28/h2-9H,10-12H2,1H3,(H,27,28). The summed E-state index contributed by atoms with van der Waals surface area (Å²) in [6.45, 7) is 1.90. The number of alkyl halides is 3. The molecule has 0 radical (unpaired) electrons. The molecule has 164 valence electrons. The summed E-state index contributed by atoms with van der Waals surface area (Å²) in [6, 6.07) is 11.7. The summed E-state index contributed by atoms with van der Waals surface area (Å²) in [5, 5.41) is 9.15. The van der Waals surface area contributed by atoms with Crippen LogP contribution in [-0.2, 0) is 23.3 Å². The van der Waals surface area contributed by atoms with Crippen LogP contribution in [0, 0.1) is 6.92 Å². The van der Waals surface area contributed by atoms with E-state index in [2.05, 4.69) is 0 Å². The van der Waals surface area contributed by atoms with Crippen LogP contribution in [0.4, 0.5) is 13.2 Å². The number of furan rings is 1. The molecule has 0 spiro atoms. The average Bonchev–Trinajstić information content (AvgIpc) is 3.08. The number of carbonyl (C=O) groups is 1. The minimum absolute atomic E-state index is 0.000240. The lowest BCUT2D eigenvalue weighted by Crippen LogP contribution is -2.03. The maximum atomic E-state index is 12.7. The van der Waals surface area contributed by atoms with Crippen molar-refractivity contribution in [2.45, 2.75) is 25.5 Å². The molecule has 4 nitrogen and oxygen atoms in total. The number of rotatable bonds is 8. The molecule has 3 aromatic rings. The van der Waals surface area contributed by atoms with Gasteiger partial charge in [-0.2, -0.15) is 13.2 Å². The first-order valence-corrected chi connectivity index (χ1v) is 10.6.